The minimum atomic E-state index is -2.31. The summed E-state index contributed by atoms with van der Waals surface area (Å²) in [4.78, 5) is 0. The molecular formula is C21H35OP. The van der Waals surface area contributed by atoms with Crippen molar-refractivity contribution < 1.29 is 4.57 Å². The minimum Gasteiger partial charge on any atom is -0.314 e. The van der Waals surface area contributed by atoms with Gasteiger partial charge < -0.3 is 4.57 Å². The second-order valence-corrected chi connectivity index (χ2v) is 11.4. The third-order valence-electron chi connectivity index (χ3n) is 6.34. The zero-order valence-corrected chi connectivity index (χ0v) is 16.0. The summed E-state index contributed by atoms with van der Waals surface area (Å²) in [5.41, 5.74) is 0.472. The van der Waals surface area contributed by atoms with Crippen molar-refractivity contribution in [1.29, 1.82) is 0 Å². The Kier molecular flexibility index (Phi) is 6.25. The smallest absolute Gasteiger partial charge is 0.137 e. The summed E-state index contributed by atoms with van der Waals surface area (Å²) in [5, 5.41) is 2.78. The number of allylic oxidation sites excluding steroid dienone is 4. The van der Waals surface area contributed by atoms with E-state index in [0.717, 1.165) is 31.6 Å². The van der Waals surface area contributed by atoms with Crippen LogP contribution in [0.5, 0.6) is 0 Å². The van der Waals surface area contributed by atoms with Crippen LogP contribution in [0.15, 0.2) is 22.8 Å². The van der Waals surface area contributed by atoms with Crippen molar-refractivity contribution in [2.45, 2.75) is 102 Å². The van der Waals surface area contributed by atoms with Crippen LogP contribution in [0, 0.1) is 5.92 Å². The molecule has 0 heterocycles. The quantitative estimate of drug-likeness (QED) is 0.485. The van der Waals surface area contributed by atoms with Gasteiger partial charge in [0.25, 0.3) is 0 Å². The van der Waals surface area contributed by atoms with E-state index < -0.39 is 7.14 Å². The normalized spacial score (nSPS) is 30.6. The Morgan fingerprint density at radius 3 is 2.35 bits per heavy atom. The number of hydrogen-bond acceptors (Lipinski definition) is 1. The zero-order chi connectivity index (χ0) is 16.1. The molecule has 0 aromatic heterocycles. The first kappa shape index (κ1) is 17.5. The van der Waals surface area contributed by atoms with E-state index in [9.17, 15) is 4.57 Å². The van der Waals surface area contributed by atoms with Gasteiger partial charge in [0.05, 0.1) is 0 Å². The highest BCUT2D eigenvalue weighted by Gasteiger charge is 2.40. The Balaban J connectivity index is 1.94. The molecule has 3 aliphatic rings. The maximum atomic E-state index is 14.6. The Labute approximate surface area is 143 Å². The molecule has 3 aliphatic carbocycles. The van der Waals surface area contributed by atoms with E-state index in [1.54, 1.807) is 0 Å². The second kappa shape index (κ2) is 8.19. The Bertz CT molecular complexity index is 496. The summed E-state index contributed by atoms with van der Waals surface area (Å²) in [6.45, 7) is 2.36. The fourth-order valence-corrected chi connectivity index (χ4v) is 9.05. The lowest BCUT2D eigenvalue weighted by atomic mass is 10.0. The molecule has 0 aromatic rings. The lowest BCUT2D eigenvalue weighted by molar-refractivity contribution is 0.485. The van der Waals surface area contributed by atoms with E-state index in [-0.39, 0.29) is 0 Å². The van der Waals surface area contributed by atoms with E-state index in [1.807, 2.05) is 0 Å². The Hall–Kier alpha value is -0.290. The molecule has 2 atom stereocenters. The lowest BCUT2D eigenvalue weighted by Crippen LogP contribution is -2.16. The molecule has 3 rings (SSSR count). The number of hydrogen-bond donors (Lipinski definition) is 0. The van der Waals surface area contributed by atoms with Crippen molar-refractivity contribution in [1.82, 2.24) is 0 Å². The molecule has 0 spiro atoms. The van der Waals surface area contributed by atoms with Crippen LogP contribution in [0.1, 0.15) is 96.8 Å². The first-order chi connectivity index (χ1) is 11.2. The molecule has 0 amide bonds. The maximum Gasteiger partial charge on any atom is 0.137 e. The molecular weight excluding hydrogens is 299 g/mol. The highest BCUT2D eigenvalue weighted by Crippen LogP contribution is 2.70. The van der Waals surface area contributed by atoms with Crippen LogP contribution in [0.3, 0.4) is 0 Å². The molecule has 0 saturated heterocycles. The van der Waals surface area contributed by atoms with Crippen molar-refractivity contribution in [3.63, 3.8) is 0 Å². The summed E-state index contributed by atoms with van der Waals surface area (Å²) in [6, 6.07) is 0. The third-order valence-corrected chi connectivity index (χ3v) is 10.4. The molecule has 1 nitrogen and oxygen atoms in total. The highest BCUT2D eigenvalue weighted by atomic mass is 31.2. The minimum absolute atomic E-state index is 0.472. The van der Waals surface area contributed by atoms with Crippen molar-refractivity contribution in [3.8, 4) is 0 Å². The van der Waals surface area contributed by atoms with Crippen molar-refractivity contribution in [3.05, 3.63) is 22.8 Å². The molecule has 2 unspecified atom stereocenters. The third kappa shape index (κ3) is 4.04. The van der Waals surface area contributed by atoms with Gasteiger partial charge in [0.1, 0.15) is 7.14 Å². The summed E-state index contributed by atoms with van der Waals surface area (Å²) >= 11 is 0. The van der Waals surface area contributed by atoms with Crippen LogP contribution in [0.4, 0.5) is 0 Å². The van der Waals surface area contributed by atoms with Crippen molar-refractivity contribution in [2.75, 3.05) is 0 Å². The molecule has 0 radical (unpaired) electrons. The van der Waals surface area contributed by atoms with E-state index in [4.69, 9.17) is 0 Å². The van der Waals surface area contributed by atoms with Gasteiger partial charge in [-0.2, -0.15) is 0 Å². The van der Waals surface area contributed by atoms with Crippen LogP contribution in [-0.2, 0) is 4.57 Å². The van der Waals surface area contributed by atoms with Crippen molar-refractivity contribution >= 4 is 7.14 Å². The van der Waals surface area contributed by atoms with Gasteiger partial charge in [-0.1, -0.05) is 51.2 Å². The van der Waals surface area contributed by atoms with Gasteiger partial charge in [-0.15, -0.1) is 0 Å². The lowest BCUT2D eigenvalue weighted by Gasteiger charge is -2.34. The first-order valence-corrected chi connectivity index (χ1v) is 12.0. The predicted octanol–water partition coefficient (Wildman–Crippen LogP) is 7.62. The maximum absolute atomic E-state index is 14.6. The van der Waals surface area contributed by atoms with E-state index in [0.29, 0.717) is 5.66 Å². The summed E-state index contributed by atoms with van der Waals surface area (Å²) in [7, 11) is -2.31. The van der Waals surface area contributed by atoms with Crippen LogP contribution in [-0.4, -0.2) is 5.66 Å². The number of rotatable bonds is 3. The summed E-state index contributed by atoms with van der Waals surface area (Å²) in [5.74, 6) is 0.774. The molecule has 1 saturated carbocycles. The first-order valence-electron chi connectivity index (χ1n) is 10.2. The zero-order valence-electron chi connectivity index (χ0n) is 15.1. The van der Waals surface area contributed by atoms with Gasteiger partial charge in [-0.3, -0.25) is 0 Å². The molecule has 23 heavy (non-hydrogen) atoms. The SMILES string of the molecule is CC1CC=C(P(=O)(C2=CCCCCC2)C2CCCCC2)CCC1. The van der Waals surface area contributed by atoms with E-state index >= 15 is 0 Å². The Morgan fingerprint density at radius 1 is 0.826 bits per heavy atom. The fraction of sp³-hybridized carbons (Fsp3) is 0.810. The van der Waals surface area contributed by atoms with Crippen LogP contribution >= 0.6 is 7.14 Å². The topological polar surface area (TPSA) is 17.1 Å². The largest absolute Gasteiger partial charge is 0.314 e. The van der Waals surface area contributed by atoms with E-state index in [1.165, 1.54) is 74.8 Å². The average molecular weight is 334 g/mol. The monoisotopic (exact) mass is 334 g/mol. The molecule has 0 aliphatic heterocycles. The van der Waals surface area contributed by atoms with Crippen LogP contribution in [0.25, 0.3) is 0 Å². The summed E-state index contributed by atoms with van der Waals surface area (Å²) < 4.78 is 14.6. The predicted molar refractivity (Wildman–Crippen MR) is 101 cm³/mol. The molecule has 2 heteroatoms. The Morgan fingerprint density at radius 2 is 1.52 bits per heavy atom. The summed E-state index contributed by atoms with van der Waals surface area (Å²) in [6.07, 6.45) is 22.2. The van der Waals surface area contributed by atoms with Crippen LogP contribution < -0.4 is 0 Å². The average Bonchev–Trinajstić information content (AvgIpc) is 2.98. The van der Waals surface area contributed by atoms with E-state index in [2.05, 4.69) is 19.1 Å². The van der Waals surface area contributed by atoms with Gasteiger partial charge in [0.15, 0.2) is 0 Å². The second-order valence-electron chi connectivity index (χ2n) is 8.17. The van der Waals surface area contributed by atoms with Gasteiger partial charge in [-0.25, -0.2) is 0 Å². The van der Waals surface area contributed by atoms with Gasteiger partial charge in [0.2, 0.25) is 0 Å². The molecule has 0 aromatic carbocycles. The van der Waals surface area contributed by atoms with Gasteiger partial charge in [0, 0.05) is 5.66 Å². The standard InChI is InChI=1S/C21H35OP/c1-18-10-9-15-21(17-16-18)23(22,20-13-7-4-8-14-20)19-11-5-2-3-6-12-19/h11,17-18,20H,2-10,12-16H2,1H3. The van der Waals surface area contributed by atoms with Gasteiger partial charge >= 0.3 is 0 Å². The molecule has 0 N–H and O–H groups in total. The van der Waals surface area contributed by atoms with Gasteiger partial charge in [-0.05, 0) is 74.3 Å². The highest BCUT2D eigenvalue weighted by molar-refractivity contribution is 7.72. The van der Waals surface area contributed by atoms with Crippen LogP contribution in [0.2, 0.25) is 0 Å². The molecule has 1 fully saturated rings. The fourth-order valence-electron chi connectivity index (χ4n) is 4.89. The molecule has 0 bridgehead atoms. The molecule has 130 valence electrons. The van der Waals surface area contributed by atoms with Crippen molar-refractivity contribution in [2.24, 2.45) is 5.92 Å².